The lowest BCUT2D eigenvalue weighted by atomic mass is 9.92. The molecule has 0 N–H and O–H groups in total. The van der Waals surface area contributed by atoms with Gasteiger partial charge in [0.15, 0.2) is 5.78 Å². The molecule has 0 bridgehead atoms. The minimum Gasteiger partial charge on any atom is -0.497 e. The van der Waals surface area contributed by atoms with Gasteiger partial charge in [0.2, 0.25) is 0 Å². The summed E-state index contributed by atoms with van der Waals surface area (Å²) in [5.41, 5.74) is 0.959. The summed E-state index contributed by atoms with van der Waals surface area (Å²) in [5.74, 6) is -0.568. The van der Waals surface area contributed by atoms with Gasteiger partial charge in [-0.3, -0.25) is 4.79 Å². The van der Waals surface area contributed by atoms with E-state index in [-0.39, 0.29) is 5.78 Å². The van der Waals surface area contributed by atoms with Crippen LogP contribution in [0, 0.1) is 11.3 Å². The van der Waals surface area contributed by atoms with Crippen molar-refractivity contribution in [2.24, 2.45) is 0 Å². The summed E-state index contributed by atoms with van der Waals surface area (Å²) in [7, 11) is 1.55. The van der Waals surface area contributed by atoms with Gasteiger partial charge in [0.05, 0.1) is 23.2 Å². The van der Waals surface area contributed by atoms with Gasteiger partial charge in [0.25, 0.3) is 0 Å². The van der Waals surface area contributed by atoms with E-state index in [1.165, 1.54) is 0 Å². The topological polar surface area (TPSA) is 50.1 Å². The first-order valence-electron chi connectivity index (χ1n) is 6.09. The molecule has 0 aromatic heterocycles. The van der Waals surface area contributed by atoms with Gasteiger partial charge in [-0.15, -0.1) is 0 Å². The Morgan fingerprint density at radius 2 is 1.81 bits per heavy atom. The largest absolute Gasteiger partial charge is 0.497 e. The second-order valence-corrected chi connectivity index (χ2v) is 5.14. The minimum atomic E-state index is -0.923. The van der Waals surface area contributed by atoms with Crippen LogP contribution in [0.1, 0.15) is 21.8 Å². The molecule has 0 fully saturated rings. The molecule has 0 aliphatic carbocycles. The number of hydrogen-bond donors (Lipinski definition) is 0. The van der Waals surface area contributed by atoms with Crippen molar-refractivity contribution in [3.05, 3.63) is 63.6 Å². The van der Waals surface area contributed by atoms with Crippen LogP contribution in [0.3, 0.4) is 0 Å². The van der Waals surface area contributed by atoms with Gasteiger partial charge in [0, 0.05) is 5.56 Å². The summed E-state index contributed by atoms with van der Waals surface area (Å²) in [6.45, 7) is 0. The number of ether oxygens (including phenoxy) is 1. The summed E-state index contributed by atoms with van der Waals surface area (Å²) in [4.78, 5) is 12.4. The van der Waals surface area contributed by atoms with E-state index in [0.717, 1.165) is 0 Å². The fourth-order valence-corrected chi connectivity index (χ4v) is 2.20. The lowest BCUT2D eigenvalue weighted by Crippen LogP contribution is -2.11. The molecule has 5 heteroatoms. The van der Waals surface area contributed by atoms with E-state index in [1.807, 2.05) is 6.07 Å². The number of hydrogen-bond acceptors (Lipinski definition) is 3. The summed E-state index contributed by atoms with van der Waals surface area (Å²) >= 11 is 11.8. The highest BCUT2D eigenvalue weighted by Crippen LogP contribution is 2.28. The molecule has 0 aliphatic rings. The number of halogens is 2. The van der Waals surface area contributed by atoms with Crippen molar-refractivity contribution in [3.8, 4) is 11.8 Å². The number of carbonyl (C=O) groups excluding carboxylic acids is 1. The molecule has 106 valence electrons. The highest BCUT2D eigenvalue weighted by molar-refractivity contribution is 6.42. The zero-order chi connectivity index (χ0) is 15.4. The third-order valence-corrected chi connectivity index (χ3v) is 3.78. The number of rotatable bonds is 4. The van der Waals surface area contributed by atoms with Crippen molar-refractivity contribution in [1.29, 1.82) is 5.26 Å². The Labute approximate surface area is 132 Å². The number of benzene rings is 2. The molecule has 0 radical (unpaired) electrons. The van der Waals surface area contributed by atoms with E-state index in [9.17, 15) is 10.1 Å². The van der Waals surface area contributed by atoms with Crippen LogP contribution in [-0.4, -0.2) is 12.9 Å². The molecule has 0 saturated heterocycles. The van der Waals surface area contributed by atoms with Gasteiger partial charge in [-0.05, 0) is 42.0 Å². The Bertz CT molecular complexity index is 705. The first-order chi connectivity index (χ1) is 10.1. The smallest absolute Gasteiger partial charge is 0.184 e. The third-order valence-electron chi connectivity index (χ3n) is 3.04. The number of Topliss-reactive ketones (excluding diaryl/α,β-unsaturated/α-hetero) is 1. The summed E-state index contributed by atoms with van der Waals surface area (Å²) < 4.78 is 5.04. The number of nitrogens with zero attached hydrogens (tertiary/aromatic N) is 1. The van der Waals surface area contributed by atoms with E-state index in [2.05, 4.69) is 0 Å². The molecule has 3 nitrogen and oxygen atoms in total. The molecule has 0 heterocycles. The third kappa shape index (κ3) is 3.36. The van der Waals surface area contributed by atoms with Crippen LogP contribution in [0.5, 0.6) is 5.75 Å². The second-order valence-electron chi connectivity index (χ2n) is 4.33. The summed E-state index contributed by atoms with van der Waals surface area (Å²) in [6, 6.07) is 13.4. The highest BCUT2D eigenvalue weighted by atomic mass is 35.5. The Balaban J connectivity index is 2.33. The Hall–Kier alpha value is -2.02. The molecule has 0 aliphatic heterocycles. The van der Waals surface area contributed by atoms with E-state index in [4.69, 9.17) is 27.9 Å². The van der Waals surface area contributed by atoms with Crippen LogP contribution in [0.15, 0.2) is 42.5 Å². The highest BCUT2D eigenvalue weighted by Gasteiger charge is 2.22. The summed E-state index contributed by atoms with van der Waals surface area (Å²) in [6.07, 6.45) is 0. The molecule has 1 atom stereocenters. The monoisotopic (exact) mass is 319 g/mol. The quantitative estimate of drug-likeness (QED) is 0.780. The molecule has 0 amide bonds. The van der Waals surface area contributed by atoms with E-state index in [1.54, 1.807) is 49.6 Å². The van der Waals surface area contributed by atoms with Crippen molar-refractivity contribution < 1.29 is 9.53 Å². The maximum atomic E-state index is 12.4. The number of methoxy groups -OCH3 is 1. The standard InChI is InChI=1S/C16H11Cl2NO2/c1-21-12-5-2-10(3-6-12)16(20)13(9-19)11-4-7-14(17)15(18)8-11/h2-8,13H,1H3. The molecule has 0 spiro atoms. The van der Waals surface area contributed by atoms with Gasteiger partial charge in [-0.2, -0.15) is 5.26 Å². The number of ketones is 1. The Morgan fingerprint density at radius 1 is 1.14 bits per heavy atom. The van der Waals surface area contributed by atoms with Crippen LogP contribution in [0.4, 0.5) is 0 Å². The molecule has 0 saturated carbocycles. The van der Waals surface area contributed by atoms with Gasteiger partial charge in [-0.1, -0.05) is 29.3 Å². The molecular weight excluding hydrogens is 309 g/mol. The average Bonchev–Trinajstić information content (AvgIpc) is 2.51. The minimum absolute atomic E-state index is 0.293. The van der Waals surface area contributed by atoms with Crippen LogP contribution in [0.2, 0.25) is 10.0 Å². The van der Waals surface area contributed by atoms with Crippen LogP contribution in [-0.2, 0) is 0 Å². The molecule has 2 rings (SSSR count). The van der Waals surface area contributed by atoms with Crippen molar-refractivity contribution in [2.75, 3.05) is 7.11 Å². The van der Waals surface area contributed by atoms with Gasteiger partial charge in [0.1, 0.15) is 11.7 Å². The predicted molar refractivity (Wildman–Crippen MR) is 82.1 cm³/mol. The van der Waals surface area contributed by atoms with E-state index in [0.29, 0.717) is 26.9 Å². The Kier molecular flexibility index (Phi) is 4.85. The van der Waals surface area contributed by atoms with Gasteiger partial charge in [-0.25, -0.2) is 0 Å². The number of carbonyl (C=O) groups is 1. The van der Waals surface area contributed by atoms with Crippen molar-refractivity contribution in [1.82, 2.24) is 0 Å². The first-order valence-corrected chi connectivity index (χ1v) is 6.85. The lowest BCUT2D eigenvalue weighted by Gasteiger charge is -2.10. The molecule has 2 aromatic carbocycles. The number of nitriles is 1. The van der Waals surface area contributed by atoms with Crippen LogP contribution >= 0.6 is 23.2 Å². The van der Waals surface area contributed by atoms with Gasteiger partial charge < -0.3 is 4.74 Å². The van der Waals surface area contributed by atoms with Crippen LogP contribution in [0.25, 0.3) is 0 Å². The average molecular weight is 320 g/mol. The molecule has 1 unspecified atom stereocenters. The Morgan fingerprint density at radius 3 is 2.33 bits per heavy atom. The fraction of sp³-hybridized carbons (Fsp3) is 0.125. The maximum absolute atomic E-state index is 12.4. The fourth-order valence-electron chi connectivity index (χ4n) is 1.90. The van der Waals surface area contributed by atoms with Crippen molar-refractivity contribution in [2.45, 2.75) is 5.92 Å². The zero-order valence-electron chi connectivity index (χ0n) is 11.1. The second kappa shape index (κ2) is 6.62. The van der Waals surface area contributed by atoms with E-state index >= 15 is 0 Å². The maximum Gasteiger partial charge on any atom is 0.184 e. The van der Waals surface area contributed by atoms with Crippen molar-refractivity contribution >= 4 is 29.0 Å². The molecular formula is C16H11Cl2NO2. The van der Waals surface area contributed by atoms with Crippen molar-refractivity contribution in [3.63, 3.8) is 0 Å². The van der Waals surface area contributed by atoms with E-state index < -0.39 is 5.92 Å². The molecule has 21 heavy (non-hydrogen) atoms. The SMILES string of the molecule is COc1ccc(C(=O)C(C#N)c2ccc(Cl)c(Cl)c2)cc1. The molecule has 2 aromatic rings. The normalized spacial score (nSPS) is 11.5. The van der Waals surface area contributed by atoms with Gasteiger partial charge >= 0.3 is 0 Å². The van der Waals surface area contributed by atoms with Crippen LogP contribution < -0.4 is 4.74 Å². The predicted octanol–water partition coefficient (Wildman–Crippen LogP) is 4.49. The zero-order valence-corrected chi connectivity index (χ0v) is 12.7. The lowest BCUT2D eigenvalue weighted by molar-refractivity contribution is 0.0979. The summed E-state index contributed by atoms with van der Waals surface area (Å²) in [5, 5.41) is 10.0. The first kappa shape index (κ1) is 15.4.